The molecule has 0 spiro atoms. The largest absolute Gasteiger partial charge is 0.391 e. The van der Waals surface area contributed by atoms with Gasteiger partial charge in [-0.25, -0.2) is 4.98 Å². The molecule has 1 aromatic heterocycles. The van der Waals surface area contributed by atoms with E-state index in [2.05, 4.69) is 20.6 Å². The van der Waals surface area contributed by atoms with Crippen molar-refractivity contribution in [2.75, 3.05) is 5.32 Å². The van der Waals surface area contributed by atoms with Crippen LogP contribution in [0.25, 0.3) is 11.0 Å². The summed E-state index contributed by atoms with van der Waals surface area (Å²) >= 11 is 12.3. The first kappa shape index (κ1) is 21.8. The first-order chi connectivity index (χ1) is 14.7. The van der Waals surface area contributed by atoms with Crippen molar-refractivity contribution in [1.82, 2.24) is 15.3 Å². The number of aromatic nitrogens is 2. The van der Waals surface area contributed by atoms with Crippen LogP contribution in [0.2, 0.25) is 10.0 Å². The molecule has 0 atom stereocenters. The summed E-state index contributed by atoms with van der Waals surface area (Å²) in [5.41, 5.74) is 2.16. The monoisotopic (exact) mass is 470 g/mol. The van der Waals surface area contributed by atoms with E-state index in [0.717, 1.165) is 0 Å². The van der Waals surface area contributed by atoms with Crippen molar-refractivity contribution in [2.24, 2.45) is 5.92 Å². The van der Waals surface area contributed by atoms with Crippen LogP contribution in [0.3, 0.4) is 0 Å². The summed E-state index contributed by atoms with van der Waals surface area (Å²) in [6.07, 6.45) is -3.47. The van der Waals surface area contributed by atoms with Gasteiger partial charge in [-0.3, -0.25) is 4.79 Å². The van der Waals surface area contributed by atoms with Gasteiger partial charge in [0.15, 0.2) is 0 Å². The molecule has 3 N–H and O–H groups in total. The Labute approximate surface area is 186 Å². The average molecular weight is 471 g/mol. The molecule has 0 unspecified atom stereocenters. The molecule has 2 aromatic carbocycles. The number of carbonyl (C=O) groups excluding carboxylic acids is 1. The van der Waals surface area contributed by atoms with Crippen molar-refractivity contribution in [3.05, 3.63) is 52.0 Å². The molecule has 1 heterocycles. The first-order valence-electron chi connectivity index (χ1n) is 9.79. The zero-order valence-corrected chi connectivity index (χ0v) is 17.7. The second-order valence-corrected chi connectivity index (χ2v) is 8.42. The Morgan fingerprint density at radius 1 is 1.06 bits per heavy atom. The predicted octanol–water partition coefficient (Wildman–Crippen LogP) is 6.46. The van der Waals surface area contributed by atoms with Gasteiger partial charge in [-0.1, -0.05) is 29.3 Å². The number of nitrogens with one attached hydrogen (secondary N) is 3. The number of hydrogen-bond acceptors (Lipinski definition) is 3. The maximum Gasteiger partial charge on any atom is 0.391 e. The molecule has 4 rings (SSSR count). The lowest BCUT2D eigenvalue weighted by Crippen LogP contribution is -2.40. The number of H-pyrrole nitrogens is 1. The van der Waals surface area contributed by atoms with E-state index in [1.54, 1.807) is 36.4 Å². The fraction of sp³-hybridized carbons (Fsp3) is 0.333. The summed E-state index contributed by atoms with van der Waals surface area (Å²) in [6.45, 7) is 0. The summed E-state index contributed by atoms with van der Waals surface area (Å²) in [7, 11) is 0. The van der Waals surface area contributed by atoms with Gasteiger partial charge in [0.25, 0.3) is 5.91 Å². The third kappa shape index (κ3) is 4.91. The molecule has 10 heteroatoms. The van der Waals surface area contributed by atoms with Crippen molar-refractivity contribution in [1.29, 1.82) is 0 Å². The predicted molar refractivity (Wildman–Crippen MR) is 115 cm³/mol. The van der Waals surface area contributed by atoms with Crippen molar-refractivity contribution in [3.8, 4) is 0 Å². The van der Waals surface area contributed by atoms with Crippen LogP contribution >= 0.6 is 23.2 Å². The molecular weight excluding hydrogens is 452 g/mol. The van der Waals surface area contributed by atoms with Crippen LogP contribution in [0, 0.1) is 5.92 Å². The van der Waals surface area contributed by atoms with E-state index in [-0.39, 0.29) is 24.8 Å². The number of rotatable bonds is 4. The van der Waals surface area contributed by atoms with E-state index < -0.39 is 12.1 Å². The third-order valence-corrected chi connectivity index (χ3v) is 6.11. The van der Waals surface area contributed by atoms with Crippen LogP contribution in [0.5, 0.6) is 0 Å². The van der Waals surface area contributed by atoms with E-state index in [1.165, 1.54) is 0 Å². The number of benzene rings is 2. The molecule has 0 radical (unpaired) electrons. The number of fused-ring (bicyclic) bond motifs is 1. The molecule has 164 valence electrons. The molecule has 31 heavy (non-hydrogen) atoms. The van der Waals surface area contributed by atoms with Crippen LogP contribution in [0.4, 0.5) is 24.8 Å². The summed E-state index contributed by atoms with van der Waals surface area (Å²) < 4.78 is 38.4. The first-order valence-corrected chi connectivity index (χ1v) is 10.5. The molecule has 1 aliphatic rings. The highest BCUT2D eigenvalue weighted by molar-refractivity contribution is 6.39. The number of aromatic amines is 1. The fourth-order valence-electron chi connectivity index (χ4n) is 3.78. The summed E-state index contributed by atoms with van der Waals surface area (Å²) in [4.78, 5) is 20.1. The molecular formula is C21H19Cl2F3N4O. The number of para-hydroxylation sites is 1. The number of anilines is 2. The molecule has 1 saturated carbocycles. The van der Waals surface area contributed by atoms with Crippen LogP contribution < -0.4 is 10.6 Å². The Hall–Kier alpha value is -2.45. The Balaban J connectivity index is 1.44. The molecule has 1 fully saturated rings. The third-order valence-electron chi connectivity index (χ3n) is 5.48. The highest BCUT2D eigenvalue weighted by Crippen LogP contribution is 2.37. The molecule has 0 saturated heterocycles. The van der Waals surface area contributed by atoms with Crippen LogP contribution in [-0.2, 0) is 0 Å². The van der Waals surface area contributed by atoms with Gasteiger partial charge < -0.3 is 15.6 Å². The maximum absolute atomic E-state index is 12.8. The lowest BCUT2D eigenvalue weighted by atomic mass is 9.85. The fourth-order valence-corrected chi connectivity index (χ4v) is 4.27. The number of carbonyl (C=O) groups is 1. The number of hydrogen-bond donors (Lipinski definition) is 3. The number of halogens is 5. The molecule has 1 amide bonds. The van der Waals surface area contributed by atoms with E-state index in [0.29, 0.717) is 51.1 Å². The smallest absolute Gasteiger partial charge is 0.349 e. The van der Waals surface area contributed by atoms with Crippen molar-refractivity contribution >= 4 is 51.8 Å². The van der Waals surface area contributed by atoms with Gasteiger partial charge in [0, 0.05) is 11.6 Å². The minimum atomic E-state index is -4.17. The number of nitrogens with zero attached hydrogens (tertiary/aromatic N) is 1. The molecule has 0 bridgehead atoms. The zero-order valence-electron chi connectivity index (χ0n) is 16.2. The van der Waals surface area contributed by atoms with Crippen LogP contribution in [0.15, 0.2) is 36.4 Å². The summed E-state index contributed by atoms with van der Waals surface area (Å²) in [5, 5.41) is 6.75. The topological polar surface area (TPSA) is 69.8 Å². The van der Waals surface area contributed by atoms with E-state index in [9.17, 15) is 18.0 Å². The SMILES string of the molecule is O=C(N[C@H]1CC[C@H](C(F)(F)F)CC1)c1ccc2[nH]c(Nc3c(Cl)cccc3Cl)nc2c1. The molecule has 5 nitrogen and oxygen atoms in total. The van der Waals surface area contributed by atoms with Gasteiger partial charge in [-0.2, -0.15) is 13.2 Å². The Kier molecular flexibility index (Phi) is 6.03. The van der Waals surface area contributed by atoms with Gasteiger partial charge in [-0.15, -0.1) is 0 Å². The highest BCUT2D eigenvalue weighted by atomic mass is 35.5. The van der Waals surface area contributed by atoms with Gasteiger partial charge in [0.05, 0.1) is 32.7 Å². The number of imidazole rings is 1. The molecule has 1 aliphatic carbocycles. The summed E-state index contributed by atoms with van der Waals surface area (Å²) in [6, 6.07) is 9.85. The van der Waals surface area contributed by atoms with E-state index >= 15 is 0 Å². The van der Waals surface area contributed by atoms with E-state index in [1.807, 2.05) is 0 Å². The second kappa shape index (κ2) is 8.59. The Morgan fingerprint density at radius 3 is 2.39 bits per heavy atom. The van der Waals surface area contributed by atoms with Gasteiger partial charge >= 0.3 is 6.18 Å². The van der Waals surface area contributed by atoms with Crippen molar-refractivity contribution in [3.63, 3.8) is 0 Å². The molecule has 0 aliphatic heterocycles. The van der Waals surface area contributed by atoms with Crippen LogP contribution in [0.1, 0.15) is 36.0 Å². The standard InChI is InChI=1S/C21H19Cl2F3N4O/c22-14-2-1-3-15(23)18(14)30-20-28-16-9-4-11(10-17(16)29-20)19(31)27-13-7-5-12(6-8-13)21(24,25)26/h1-4,9-10,12-13H,5-8H2,(H,27,31)(H2,28,29,30)/t12-,13-. The van der Waals surface area contributed by atoms with Gasteiger partial charge in [-0.05, 0) is 56.0 Å². The van der Waals surface area contributed by atoms with E-state index in [4.69, 9.17) is 23.2 Å². The summed E-state index contributed by atoms with van der Waals surface area (Å²) in [5.74, 6) is -1.20. The number of amides is 1. The highest BCUT2D eigenvalue weighted by Gasteiger charge is 2.41. The Morgan fingerprint density at radius 2 is 1.74 bits per heavy atom. The molecule has 3 aromatic rings. The average Bonchev–Trinajstić information content (AvgIpc) is 3.12. The second-order valence-electron chi connectivity index (χ2n) is 7.60. The van der Waals surface area contributed by atoms with Crippen molar-refractivity contribution < 1.29 is 18.0 Å². The normalized spacial score (nSPS) is 19.4. The number of alkyl halides is 3. The zero-order chi connectivity index (χ0) is 22.2. The minimum Gasteiger partial charge on any atom is -0.349 e. The maximum atomic E-state index is 12.8. The lowest BCUT2D eigenvalue weighted by Gasteiger charge is -2.30. The Bertz CT molecular complexity index is 1090. The van der Waals surface area contributed by atoms with Gasteiger partial charge in [0.2, 0.25) is 5.95 Å². The van der Waals surface area contributed by atoms with Crippen molar-refractivity contribution in [2.45, 2.75) is 37.9 Å². The van der Waals surface area contributed by atoms with Crippen LogP contribution in [-0.4, -0.2) is 28.1 Å². The van der Waals surface area contributed by atoms with Gasteiger partial charge in [0.1, 0.15) is 0 Å². The minimum absolute atomic E-state index is 0.0342. The lowest BCUT2D eigenvalue weighted by molar-refractivity contribution is -0.182. The quantitative estimate of drug-likeness (QED) is 0.409.